The van der Waals surface area contributed by atoms with Crippen molar-refractivity contribution in [3.05, 3.63) is 58.9 Å². The first kappa shape index (κ1) is 16.3. The quantitative estimate of drug-likeness (QED) is 0.564. The van der Waals surface area contributed by atoms with Gasteiger partial charge in [-0.1, -0.05) is 41.9 Å². The first-order valence-electron chi connectivity index (χ1n) is 7.63. The molecule has 124 valence electrons. The Hall–Kier alpha value is -2.60. The number of esters is 1. The van der Waals surface area contributed by atoms with Crippen molar-refractivity contribution < 1.29 is 9.53 Å². The van der Waals surface area contributed by atoms with E-state index in [9.17, 15) is 4.79 Å². The fourth-order valence-corrected chi connectivity index (χ4v) is 2.59. The second-order valence-electron chi connectivity index (χ2n) is 5.26. The second-order valence-corrected chi connectivity index (χ2v) is 5.65. The molecule has 0 aliphatic rings. The molecule has 3 rings (SSSR count). The lowest BCUT2D eigenvalue weighted by atomic mass is 10.1. The van der Waals surface area contributed by atoms with E-state index in [0.29, 0.717) is 16.6 Å². The van der Waals surface area contributed by atoms with E-state index in [-0.39, 0.29) is 18.3 Å². The molecule has 0 bridgehead atoms. The van der Waals surface area contributed by atoms with Gasteiger partial charge in [0, 0.05) is 18.2 Å². The largest absolute Gasteiger partial charge is 0.461 e. The number of hydrogen-bond donors (Lipinski definition) is 1. The van der Waals surface area contributed by atoms with E-state index in [4.69, 9.17) is 16.3 Å². The zero-order chi connectivity index (χ0) is 17.1. The van der Waals surface area contributed by atoms with E-state index in [1.807, 2.05) is 37.3 Å². The average molecular weight is 345 g/mol. The molecule has 2 aromatic heterocycles. The molecule has 0 spiro atoms. The van der Waals surface area contributed by atoms with Crippen molar-refractivity contribution >= 4 is 29.0 Å². The number of aromatic nitrogens is 3. The number of benzene rings is 1. The first-order chi connectivity index (χ1) is 11.6. The predicted octanol–water partition coefficient (Wildman–Crippen LogP) is 3.73. The van der Waals surface area contributed by atoms with Crippen LogP contribution in [0.2, 0.25) is 5.15 Å². The van der Waals surface area contributed by atoms with Gasteiger partial charge in [-0.05, 0) is 19.4 Å². The van der Waals surface area contributed by atoms with Gasteiger partial charge < -0.3 is 10.1 Å². The van der Waals surface area contributed by atoms with Crippen LogP contribution in [0.3, 0.4) is 0 Å². The van der Waals surface area contributed by atoms with Gasteiger partial charge in [0.1, 0.15) is 11.0 Å². The van der Waals surface area contributed by atoms with Gasteiger partial charge in [0.25, 0.3) is 0 Å². The van der Waals surface area contributed by atoms with Gasteiger partial charge >= 0.3 is 5.97 Å². The molecule has 0 aliphatic carbocycles. The molecule has 1 atom stereocenters. The summed E-state index contributed by atoms with van der Waals surface area (Å²) in [5.74, 6) is 0.165. The van der Waals surface area contributed by atoms with Crippen LogP contribution >= 0.6 is 11.6 Å². The van der Waals surface area contributed by atoms with Crippen molar-refractivity contribution in [1.29, 1.82) is 0 Å². The Balaban J connectivity index is 1.96. The van der Waals surface area contributed by atoms with Crippen molar-refractivity contribution in [2.45, 2.75) is 19.9 Å². The number of hydrogen-bond acceptors (Lipinski definition) is 5. The molecule has 0 aliphatic heterocycles. The molecule has 2 heterocycles. The fourth-order valence-electron chi connectivity index (χ4n) is 2.40. The van der Waals surface area contributed by atoms with Crippen LogP contribution in [0, 0.1) is 0 Å². The van der Waals surface area contributed by atoms with Crippen molar-refractivity contribution in [1.82, 2.24) is 14.6 Å². The summed E-state index contributed by atoms with van der Waals surface area (Å²) in [5, 5.41) is 7.95. The van der Waals surface area contributed by atoms with Crippen LogP contribution in [0.5, 0.6) is 0 Å². The van der Waals surface area contributed by atoms with Gasteiger partial charge in [0.05, 0.1) is 6.61 Å². The molecular weight excluding hydrogens is 328 g/mol. The summed E-state index contributed by atoms with van der Waals surface area (Å²) in [5.41, 5.74) is 1.80. The lowest BCUT2D eigenvalue weighted by molar-refractivity contribution is 0.0519. The lowest BCUT2D eigenvalue weighted by Crippen LogP contribution is -2.11. The van der Waals surface area contributed by atoms with E-state index in [0.717, 1.165) is 5.56 Å². The Morgan fingerprint density at radius 3 is 2.79 bits per heavy atom. The van der Waals surface area contributed by atoms with E-state index < -0.39 is 5.97 Å². The number of fused-ring (bicyclic) bond motifs is 1. The predicted molar refractivity (Wildman–Crippen MR) is 92.4 cm³/mol. The molecule has 7 heteroatoms. The molecule has 1 N–H and O–H groups in total. The molecule has 6 nitrogen and oxygen atoms in total. The summed E-state index contributed by atoms with van der Waals surface area (Å²) in [7, 11) is 0. The zero-order valence-corrected chi connectivity index (χ0v) is 14.1. The van der Waals surface area contributed by atoms with Crippen LogP contribution in [0.1, 0.15) is 35.9 Å². The molecule has 1 aromatic carbocycles. The summed E-state index contributed by atoms with van der Waals surface area (Å²) in [6, 6.07) is 13.3. The number of anilines is 1. The van der Waals surface area contributed by atoms with Gasteiger partial charge in [-0.15, -0.1) is 0 Å². The van der Waals surface area contributed by atoms with Crippen LogP contribution in [0.4, 0.5) is 5.82 Å². The molecule has 0 saturated heterocycles. The molecule has 0 radical (unpaired) electrons. The van der Waals surface area contributed by atoms with E-state index in [2.05, 4.69) is 15.4 Å². The van der Waals surface area contributed by atoms with Crippen molar-refractivity contribution in [3.63, 3.8) is 0 Å². The SMILES string of the molecule is CCOC(=O)c1cc2nc(Cl)cc(N[C@@H](C)c3ccccc3)n2n1. The minimum absolute atomic E-state index is 0.0307. The third-order valence-corrected chi connectivity index (χ3v) is 3.74. The minimum Gasteiger partial charge on any atom is -0.461 e. The Morgan fingerprint density at radius 2 is 2.08 bits per heavy atom. The van der Waals surface area contributed by atoms with E-state index >= 15 is 0 Å². The summed E-state index contributed by atoms with van der Waals surface area (Å²) in [4.78, 5) is 16.1. The second kappa shape index (κ2) is 6.88. The van der Waals surface area contributed by atoms with Gasteiger partial charge in [-0.3, -0.25) is 0 Å². The zero-order valence-electron chi connectivity index (χ0n) is 13.4. The topological polar surface area (TPSA) is 68.5 Å². The van der Waals surface area contributed by atoms with Crippen molar-refractivity contribution in [2.24, 2.45) is 0 Å². The minimum atomic E-state index is -0.485. The van der Waals surface area contributed by atoms with Crippen LogP contribution in [0.15, 0.2) is 42.5 Å². The molecule has 0 unspecified atom stereocenters. The smallest absolute Gasteiger partial charge is 0.358 e. The van der Waals surface area contributed by atoms with Crippen LogP contribution in [0.25, 0.3) is 5.65 Å². The number of rotatable bonds is 5. The highest BCUT2D eigenvalue weighted by molar-refractivity contribution is 6.29. The molecule has 3 aromatic rings. The van der Waals surface area contributed by atoms with E-state index in [1.54, 1.807) is 23.6 Å². The first-order valence-corrected chi connectivity index (χ1v) is 8.01. The summed E-state index contributed by atoms with van der Waals surface area (Å²) >= 11 is 6.09. The lowest BCUT2D eigenvalue weighted by Gasteiger charge is -2.16. The third kappa shape index (κ3) is 3.33. The molecular formula is C17H17ClN4O2. The van der Waals surface area contributed by atoms with Crippen molar-refractivity contribution in [3.8, 4) is 0 Å². The third-order valence-electron chi connectivity index (χ3n) is 3.54. The van der Waals surface area contributed by atoms with Gasteiger partial charge in [0.2, 0.25) is 0 Å². The van der Waals surface area contributed by atoms with Crippen molar-refractivity contribution in [2.75, 3.05) is 11.9 Å². The molecule has 24 heavy (non-hydrogen) atoms. The number of ether oxygens (including phenoxy) is 1. The number of nitrogens with zero attached hydrogens (tertiary/aromatic N) is 3. The number of carbonyl (C=O) groups is 1. The normalized spacial score (nSPS) is 12.1. The summed E-state index contributed by atoms with van der Waals surface area (Å²) in [6.07, 6.45) is 0. The maximum absolute atomic E-state index is 11.9. The number of carbonyl (C=O) groups excluding carboxylic acids is 1. The van der Waals surface area contributed by atoms with Gasteiger partial charge in [-0.25, -0.2) is 9.78 Å². The number of halogens is 1. The monoisotopic (exact) mass is 344 g/mol. The maximum atomic E-state index is 11.9. The summed E-state index contributed by atoms with van der Waals surface area (Å²) in [6.45, 7) is 4.07. The van der Waals surface area contributed by atoms with Gasteiger partial charge in [-0.2, -0.15) is 9.61 Å². The van der Waals surface area contributed by atoms with Crippen LogP contribution in [-0.2, 0) is 4.74 Å². The fraction of sp³-hybridized carbons (Fsp3) is 0.235. The van der Waals surface area contributed by atoms with E-state index in [1.165, 1.54) is 0 Å². The van der Waals surface area contributed by atoms with Gasteiger partial charge in [0.15, 0.2) is 11.3 Å². The Bertz CT molecular complexity index is 864. The molecule has 0 amide bonds. The van der Waals surface area contributed by atoms with Crippen LogP contribution < -0.4 is 5.32 Å². The van der Waals surface area contributed by atoms with Crippen LogP contribution in [-0.4, -0.2) is 27.2 Å². The Morgan fingerprint density at radius 1 is 1.33 bits per heavy atom. The average Bonchev–Trinajstić information content (AvgIpc) is 3.00. The highest BCUT2D eigenvalue weighted by Crippen LogP contribution is 2.22. The molecule has 0 fully saturated rings. The summed E-state index contributed by atoms with van der Waals surface area (Å²) < 4.78 is 6.54. The Kier molecular flexibility index (Phi) is 4.66. The number of nitrogens with one attached hydrogen (secondary N) is 1. The Labute approximate surface area is 144 Å². The highest BCUT2D eigenvalue weighted by atomic mass is 35.5. The highest BCUT2D eigenvalue weighted by Gasteiger charge is 2.16. The maximum Gasteiger partial charge on any atom is 0.358 e. The standard InChI is InChI=1S/C17H17ClN4O2/c1-3-24-17(23)13-9-15-20-14(18)10-16(22(15)21-13)19-11(2)12-7-5-4-6-8-12/h4-11,19H,3H2,1-2H3/t11-/m0/s1. The molecule has 0 saturated carbocycles.